The molecule has 1 unspecified atom stereocenters. The third kappa shape index (κ3) is 4.58. The fourth-order valence-electron chi connectivity index (χ4n) is 2.83. The molecule has 4 nitrogen and oxygen atoms in total. The summed E-state index contributed by atoms with van der Waals surface area (Å²) in [5, 5.41) is 14.6. The van der Waals surface area contributed by atoms with Gasteiger partial charge in [0.25, 0.3) is 0 Å². The second kappa shape index (κ2) is 7.76. The Morgan fingerprint density at radius 3 is 2.85 bits per heavy atom. The van der Waals surface area contributed by atoms with Crippen LogP contribution in [0.15, 0.2) is 17.5 Å². The molecule has 1 aromatic heterocycles. The maximum atomic E-state index is 11.0. The molecule has 20 heavy (non-hydrogen) atoms. The molecule has 2 N–H and O–H groups in total. The minimum Gasteiger partial charge on any atom is -0.481 e. The summed E-state index contributed by atoms with van der Waals surface area (Å²) in [6.45, 7) is 5.63. The summed E-state index contributed by atoms with van der Waals surface area (Å²) in [5.74, 6) is -0.737. The number of carbonyl (C=O) groups is 1. The lowest BCUT2D eigenvalue weighted by atomic mass is 10.0. The Bertz CT molecular complexity index is 400. The van der Waals surface area contributed by atoms with Gasteiger partial charge in [-0.1, -0.05) is 13.0 Å². The Morgan fingerprint density at radius 2 is 2.30 bits per heavy atom. The second-order valence-electron chi connectivity index (χ2n) is 5.45. The number of thiophene rings is 1. The van der Waals surface area contributed by atoms with Gasteiger partial charge in [-0.3, -0.25) is 4.79 Å². The number of hydrogen-bond donors (Lipinski definition) is 2. The maximum absolute atomic E-state index is 11.0. The highest BCUT2D eigenvalue weighted by Crippen LogP contribution is 2.24. The monoisotopic (exact) mass is 296 g/mol. The Labute approximate surface area is 124 Å². The highest BCUT2D eigenvalue weighted by Gasteiger charge is 2.24. The van der Waals surface area contributed by atoms with Crippen LogP contribution in [-0.4, -0.2) is 41.7 Å². The molecule has 1 aliphatic rings. The van der Waals surface area contributed by atoms with Crippen LogP contribution in [0.1, 0.15) is 43.5 Å². The van der Waals surface area contributed by atoms with Crippen molar-refractivity contribution in [1.29, 1.82) is 0 Å². The third-order valence-electron chi connectivity index (χ3n) is 3.83. The molecule has 0 aromatic carbocycles. The Balaban J connectivity index is 1.87. The molecule has 0 amide bonds. The van der Waals surface area contributed by atoms with Crippen molar-refractivity contribution >= 4 is 17.3 Å². The van der Waals surface area contributed by atoms with E-state index >= 15 is 0 Å². The zero-order chi connectivity index (χ0) is 14.4. The van der Waals surface area contributed by atoms with Crippen LogP contribution in [0.5, 0.6) is 0 Å². The van der Waals surface area contributed by atoms with Crippen molar-refractivity contribution in [1.82, 2.24) is 10.2 Å². The second-order valence-corrected chi connectivity index (χ2v) is 6.43. The maximum Gasteiger partial charge on any atom is 0.305 e. The van der Waals surface area contributed by atoms with Gasteiger partial charge in [-0.2, -0.15) is 0 Å². The van der Waals surface area contributed by atoms with Crippen LogP contribution >= 0.6 is 11.3 Å². The molecule has 0 radical (unpaired) electrons. The van der Waals surface area contributed by atoms with Gasteiger partial charge in [0, 0.05) is 10.9 Å². The van der Waals surface area contributed by atoms with Crippen molar-refractivity contribution in [3.8, 4) is 0 Å². The highest BCUT2D eigenvalue weighted by atomic mass is 32.1. The average molecular weight is 296 g/mol. The third-order valence-corrected chi connectivity index (χ3v) is 4.82. The van der Waals surface area contributed by atoms with Gasteiger partial charge >= 0.3 is 5.97 Å². The van der Waals surface area contributed by atoms with E-state index in [0.717, 1.165) is 30.8 Å². The first kappa shape index (κ1) is 15.5. The van der Waals surface area contributed by atoms with Crippen LogP contribution < -0.4 is 5.32 Å². The van der Waals surface area contributed by atoms with E-state index < -0.39 is 5.97 Å². The first-order valence-electron chi connectivity index (χ1n) is 7.42. The summed E-state index contributed by atoms with van der Waals surface area (Å²) < 4.78 is 0. The van der Waals surface area contributed by atoms with Crippen molar-refractivity contribution in [2.45, 2.75) is 44.7 Å². The first-order chi connectivity index (χ1) is 9.69. The fourth-order valence-corrected chi connectivity index (χ4v) is 3.62. The number of rotatable bonds is 7. The van der Waals surface area contributed by atoms with Gasteiger partial charge < -0.3 is 15.3 Å². The topological polar surface area (TPSA) is 52.6 Å². The predicted molar refractivity (Wildman–Crippen MR) is 82.2 cm³/mol. The first-order valence-corrected chi connectivity index (χ1v) is 8.30. The molecule has 0 bridgehead atoms. The summed E-state index contributed by atoms with van der Waals surface area (Å²) in [7, 11) is 0. The van der Waals surface area contributed by atoms with Crippen molar-refractivity contribution in [3.05, 3.63) is 22.4 Å². The van der Waals surface area contributed by atoms with E-state index in [4.69, 9.17) is 5.11 Å². The molecule has 5 heteroatoms. The molecular formula is C15H24N2O2S. The van der Waals surface area contributed by atoms with Crippen molar-refractivity contribution in [3.63, 3.8) is 0 Å². The SMILES string of the molecule is CCCN1CCC(NC(CC(=O)O)c2cccs2)CC1. The number of likely N-dealkylation sites (tertiary alicyclic amines) is 1. The number of piperidine rings is 1. The summed E-state index contributed by atoms with van der Waals surface area (Å²) in [6, 6.07) is 4.41. The number of carboxylic acids is 1. The van der Waals surface area contributed by atoms with E-state index in [0.29, 0.717) is 6.04 Å². The van der Waals surface area contributed by atoms with Gasteiger partial charge in [0.05, 0.1) is 12.5 Å². The van der Waals surface area contributed by atoms with Gasteiger partial charge in [-0.05, 0) is 50.3 Å². The van der Waals surface area contributed by atoms with Crippen molar-refractivity contribution in [2.24, 2.45) is 0 Å². The molecule has 1 atom stereocenters. The molecular weight excluding hydrogens is 272 g/mol. The van der Waals surface area contributed by atoms with Gasteiger partial charge in [0.2, 0.25) is 0 Å². The largest absolute Gasteiger partial charge is 0.481 e. The summed E-state index contributed by atoms with van der Waals surface area (Å²) in [5.41, 5.74) is 0. The van der Waals surface area contributed by atoms with Crippen LogP contribution in [0.2, 0.25) is 0 Å². The van der Waals surface area contributed by atoms with Crippen molar-refractivity contribution in [2.75, 3.05) is 19.6 Å². The standard InChI is InChI=1S/C15H24N2O2S/c1-2-7-17-8-5-12(6-9-17)16-13(11-15(18)19)14-4-3-10-20-14/h3-4,10,12-13,16H,2,5-9,11H2,1H3,(H,18,19). The molecule has 1 aliphatic heterocycles. The van der Waals surface area contributed by atoms with E-state index in [1.807, 2.05) is 17.5 Å². The molecule has 1 saturated heterocycles. The van der Waals surface area contributed by atoms with Crippen LogP contribution in [0.25, 0.3) is 0 Å². The number of aliphatic carboxylic acids is 1. The minimum atomic E-state index is -0.737. The van der Waals surface area contributed by atoms with E-state index in [1.54, 1.807) is 11.3 Å². The summed E-state index contributed by atoms with van der Waals surface area (Å²) >= 11 is 1.63. The van der Waals surface area contributed by atoms with E-state index in [1.165, 1.54) is 13.0 Å². The molecule has 2 rings (SSSR count). The summed E-state index contributed by atoms with van der Waals surface area (Å²) in [6.07, 6.45) is 3.59. The van der Waals surface area contributed by atoms with Gasteiger partial charge in [-0.15, -0.1) is 11.3 Å². The van der Waals surface area contributed by atoms with Crippen LogP contribution in [-0.2, 0) is 4.79 Å². The molecule has 1 fully saturated rings. The zero-order valence-corrected chi connectivity index (χ0v) is 12.9. The molecule has 0 spiro atoms. The molecule has 112 valence electrons. The average Bonchev–Trinajstić information content (AvgIpc) is 2.94. The Hall–Kier alpha value is -0.910. The van der Waals surface area contributed by atoms with E-state index in [-0.39, 0.29) is 12.5 Å². The quantitative estimate of drug-likeness (QED) is 0.812. The van der Waals surface area contributed by atoms with Gasteiger partial charge in [0.1, 0.15) is 0 Å². The highest BCUT2D eigenvalue weighted by molar-refractivity contribution is 7.10. The predicted octanol–water partition coefficient (Wildman–Crippen LogP) is 2.73. The van der Waals surface area contributed by atoms with Gasteiger partial charge in [0.15, 0.2) is 0 Å². The van der Waals surface area contributed by atoms with Crippen LogP contribution in [0.4, 0.5) is 0 Å². The number of hydrogen-bond acceptors (Lipinski definition) is 4. The lowest BCUT2D eigenvalue weighted by molar-refractivity contribution is -0.137. The van der Waals surface area contributed by atoms with Crippen LogP contribution in [0, 0.1) is 0 Å². The normalized spacial score (nSPS) is 19.1. The van der Waals surface area contributed by atoms with E-state index in [9.17, 15) is 4.79 Å². The Kier molecular flexibility index (Phi) is 6.01. The number of carboxylic acid groups (broad SMARTS) is 1. The minimum absolute atomic E-state index is 0.0461. The molecule has 0 saturated carbocycles. The molecule has 2 heterocycles. The molecule has 1 aromatic rings. The Morgan fingerprint density at radius 1 is 1.55 bits per heavy atom. The van der Waals surface area contributed by atoms with Gasteiger partial charge in [-0.25, -0.2) is 0 Å². The lowest BCUT2D eigenvalue weighted by Gasteiger charge is -2.34. The van der Waals surface area contributed by atoms with E-state index in [2.05, 4.69) is 17.1 Å². The fraction of sp³-hybridized carbons (Fsp3) is 0.667. The summed E-state index contributed by atoms with van der Waals surface area (Å²) in [4.78, 5) is 14.7. The number of nitrogens with zero attached hydrogens (tertiary/aromatic N) is 1. The smallest absolute Gasteiger partial charge is 0.305 e. The lowest BCUT2D eigenvalue weighted by Crippen LogP contribution is -2.44. The van der Waals surface area contributed by atoms with Crippen molar-refractivity contribution < 1.29 is 9.90 Å². The van der Waals surface area contributed by atoms with Crippen LogP contribution in [0.3, 0.4) is 0 Å². The number of nitrogens with one attached hydrogen (secondary N) is 1. The molecule has 0 aliphatic carbocycles. The zero-order valence-electron chi connectivity index (χ0n) is 12.0.